The highest BCUT2D eigenvalue weighted by Gasteiger charge is 2.19. The van der Waals surface area contributed by atoms with Gasteiger partial charge in [0.15, 0.2) is 0 Å². The fourth-order valence-corrected chi connectivity index (χ4v) is 3.18. The van der Waals surface area contributed by atoms with Gasteiger partial charge in [-0.3, -0.25) is 9.59 Å². The van der Waals surface area contributed by atoms with Crippen LogP contribution in [0.25, 0.3) is 10.9 Å². The summed E-state index contributed by atoms with van der Waals surface area (Å²) in [5.41, 5.74) is 4.29. The predicted octanol–water partition coefficient (Wildman–Crippen LogP) is 3.61. The van der Waals surface area contributed by atoms with E-state index in [1.54, 1.807) is 4.90 Å². The minimum atomic E-state index is -0.413. The van der Waals surface area contributed by atoms with E-state index < -0.39 is 5.97 Å². The molecule has 5 heteroatoms. The van der Waals surface area contributed by atoms with Gasteiger partial charge in [-0.2, -0.15) is 0 Å². The molecule has 2 aromatic carbocycles. The number of fused-ring (bicyclic) bond motifs is 1. The first-order valence-corrected chi connectivity index (χ1v) is 9.02. The molecule has 1 N–H and O–H groups in total. The van der Waals surface area contributed by atoms with Crippen LogP contribution in [0.3, 0.4) is 0 Å². The van der Waals surface area contributed by atoms with Crippen LogP contribution in [0, 0.1) is 6.92 Å². The molecule has 0 spiro atoms. The molecule has 3 rings (SSSR count). The van der Waals surface area contributed by atoms with Gasteiger partial charge >= 0.3 is 5.97 Å². The summed E-state index contributed by atoms with van der Waals surface area (Å²) in [7, 11) is 1.34. The molecular weight excluding hydrogens is 340 g/mol. The lowest BCUT2D eigenvalue weighted by Gasteiger charge is -2.22. The van der Waals surface area contributed by atoms with Crippen LogP contribution in [-0.4, -0.2) is 35.4 Å². The summed E-state index contributed by atoms with van der Waals surface area (Å²) in [6.07, 6.45) is 2.91. The van der Waals surface area contributed by atoms with Crippen molar-refractivity contribution in [1.82, 2.24) is 9.88 Å². The zero-order valence-electron chi connectivity index (χ0n) is 15.7. The van der Waals surface area contributed by atoms with E-state index in [0.29, 0.717) is 19.4 Å². The van der Waals surface area contributed by atoms with Crippen LogP contribution < -0.4 is 0 Å². The minimum absolute atomic E-state index is 0.0441. The van der Waals surface area contributed by atoms with Gasteiger partial charge in [0, 0.05) is 30.1 Å². The molecule has 0 radical (unpaired) electrons. The highest BCUT2D eigenvalue weighted by molar-refractivity contribution is 5.85. The van der Waals surface area contributed by atoms with Gasteiger partial charge in [0.25, 0.3) is 0 Å². The number of ether oxygens (including phenoxy) is 1. The molecule has 5 nitrogen and oxygen atoms in total. The number of rotatable bonds is 7. The van der Waals surface area contributed by atoms with Gasteiger partial charge in [-0.1, -0.05) is 42.5 Å². The van der Waals surface area contributed by atoms with E-state index in [0.717, 1.165) is 27.6 Å². The lowest BCUT2D eigenvalue weighted by molar-refractivity contribution is -0.147. The Bertz CT molecular complexity index is 945. The van der Waals surface area contributed by atoms with E-state index in [2.05, 4.69) is 4.98 Å². The second-order valence-corrected chi connectivity index (χ2v) is 6.61. The Hall–Kier alpha value is -3.08. The highest BCUT2D eigenvalue weighted by Crippen LogP contribution is 2.20. The third-order valence-electron chi connectivity index (χ3n) is 4.81. The summed E-state index contributed by atoms with van der Waals surface area (Å²) in [6, 6.07) is 15.9. The number of nitrogens with zero attached hydrogens (tertiary/aromatic N) is 1. The number of aryl methyl sites for hydroxylation is 2. The number of esters is 1. The molecule has 0 atom stereocenters. The van der Waals surface area contributed by atoms with E-state index in [9.17, 15) is 9.59 Å². The molecule has 0 bridgehead atoms. The molecule has 1 aromatic heterocycles. The number of hydrogen-bond acceptors (Lipinski definition) is 3. The Kier molecular flexibility index (Phi) is 5.91. The number of methoxy groups -OCH3 is 1. The number of nitrogens with one attached hydrogen (secondary N) is 1. The molecule has 140 valence electrons. The van der Waals surface area contributed by atoms with Gasteiger partial charge in [-0.25, -0.2) is 0 Å². The quantitative estimate of drug-likeness (QED) is 0.652. The number of aromatic amines is 1. The molecule has 0 saturated carbocycles. The Morgan fingerprint density at radius 1 is 1.04 bits per heavy atom. The minimum Gasteiger partial charge on any atom is -0.468 e. The second kappa shape index (κ2) is 8.54. The zero-order valence-corrected chi connectivity index (χ0v) is 15.7. The maximum Gasteiger partial charge on any atom is 0.325 e. The SMILES string of the molecule is COC(=O)CN(Cc1ccccc1C)C(=O)CCc1c[nH]c2ccccc12. The maximum atomic E-state index is 12.8. The van der Waals surface area contributed by atoms with Crippen LogP contribution in [0.4, 0.5) is 0 Å². The van der Waals surface area contributed by atoms with E-state index >= 15 is 0 Å². The maximum absolute atomic E-state index is 12.8. The monoisotopic (exact) mass is 364 g/mol. The number of amides is 1. The van der Waals surface area contributed by atoms with Crippen molar-refractivity contribution >= 4 is 22.8 Å². The van der Waals surface area contributed by atoms with Crippen molar-refractivity contribution in [2.75, 3.05) is 13.7 Å². The molecule has 3 aromatic rings. The molecule has 1 heterocycles. The molecule has 0 aliphatic rings. The third-order valence-corrected chi connectivity index (χ3v) is 4.81. The van der Waals surface area contributed by atoms with Crippen LogP contribution in [-0.2, 0) is 27.3 Å². The molecule has 0 saturated heterocycles. The summed E-state index contributed by atoms with van der Waals surface area (Å²) < 4.78 is 4.77. The number of para-hydroxylation sites is 1. The van der Waals surface area contributed by atoms with E-state index in [4.69, 9.17) is 4.74 Å². The van der Waals surface area contributed by atoms with Gasteiger partial charge < -0.3 is 14.6 Å². The van der Waals surface area contributed by atoms with Crippen molar-refractivity contribution in [2.45, 2.75) is 26.3 Å². The van der Waals surface area contributed by atoms with Crippen molar-refractivity contribution < 1.29 is 14.3 Å². The summed E-state index contributed by atoms with van der Waals surface area (Å²) in [6.45, 7) is 2.36. The fraction of sp³-hybridized carbons (Fsp3) is 0.273. The molecule has 0 aliphatic heterocycles. The number of carbonyl (C=O) groups is 2. The van der Waals surface area contributed by atoms with Crippen LogP contribution in [0.2, 0.25) is 0 Å². The molecule has 0 unspecified atom stereocenters. The van der Waals surface area contributed by atoms with Gasteiger partial charge in [0.1, 0.15) is 6.54 Å². The average molecular weight is 364 g/mol. The van der Waals surface area contributed by atoms with Crippen LogP contribution in [0.5, 0.6) is 0 Å². The first-order chi connectivity index (χ1) is 13.1. The normalized spacial score (nSPS) is 10.7. The van der Waals surface area contributed by atoms with Gasteiger partial charge in [0.05, 0.1) is 7.11 Å². The van der Waals surface area contributed by atoms with E-state index in [1.165, 1.54) is 7.11 Å². The molecule has 27 heavy (non-hydrogen) atoms. The number of benzene rings is 2. The molecule has 0 aliphatic carbocycles. The third kappa shape index (κ3) is 4.56. The number of aromatic nitrogens is 1. The Morgan fingerprint density at radius 3 is 2.56 bits per heavy atom. The summed E-state index contributed by atoms with van der Waals surface area (Å²) >= 11 is 0. The summed E-state index contributed by atoms with van der Waals surface area (Å²) in [5, 5.41) is 1.13. The van der Waals surface area contributed by atoms with Crippen molar-refractivity contribution in [1.29, 1.82) is 0 Å². The fourth-order valence-electron chi connectivity index (χ4n) is 3.18. The molecule has 1 amide bonds. The van der Waals surface area contributed by atoms with Crippen molar-refractivity contribution in [3.63, 3.8) is 0 Å². The average Bonchev–Trinajstić information content (AvgIpc) is 3.10. The smallest absolute Gasteiger partial charge is 0.325 e. The van der Waals surface area contributed by atoms with Crippen molar-refractivity contribution in [2.24, 2.45) is 0 Å². The Labute approximate surface area is 158 Å². The van der Waals surface area contributed by atoms with Crippen LogP contribution in [0.1, 0.15) is 23.1 Å². The van der Waals surface area contributed by atoms with Gasteiger partial charge in [0.2, 0.25) is 5.91 Å². The number of H-pyrrole nitrogens is 1. The lowest BCUT2D eigenvalue weighted by Crippen LogP contribution is -2.36. The zero-order chi connectivity index (χ0) is 19.2. The van der Waals surface area contributed by atoms with Crippen LogP contribution in [0.15, 0.2) is 54.7 Å². The summed E-state index contributed by atoms with van der Waals surface area (Å²) in [4.78, 5) is 29.4. The second-order valence-electron chi connectivity index (χ2n) is 6.61. The molecule has 0 fully saturated rings. The summed E-state index contributed by atoms with van der Waals surface area (Å²) in [5.74, 6) is -0.474. The number of hydrogen-bond donors (Lipinski definition) is 1. The van der Waals surface area contributed by atoms with E-state index in [-0.39, 0.29) is 12.5 Å². The highest BCUT2D eigenvalue weighted by atomic mass is 16.5. The first kappa shape index (κ1) is 18.7. The predicted molar refractivity (Wildman–Crippen MR) is 105 cm³/mol. The van der Waals surface area contributed by atoms with E-state index in [1.807, 2.05) is 61.7 Å². The number of carbonyl (C=O) groups excluding carboxylic acids is 2. The van der Waals surface area contributed by atoms with Crippen molar-refractivity contribution in [3.05, 3.63) is 71.4 Å². The van der Waals surface area contributed by atoms with Crippen LogP contribution >= 0.6 is 0 Å². The van der Waals surface area contributed by atoms with Gasteiger partial charge in [-0.15, -0.1) is 0 Å². The van der Waals surface area contributed by atoms with Gasteiger partial charge in [-0.05, 0) is 36.1 Å². The lowest BCUT2D eigenvalue weighted by atomic mass is 10.1. The Balaban J connectivity index is 1.72. The van der Waals surface area contributed by atoms with Crippen molar-refractivity contribution in [3.8, 4) is 0 Å². The largest absolute Gasteiger partial charge is 0.468 e. The topological polar surface area (TPSA) is 62.4 Å². The first-order valence-electron chi connectivity index (χ1n) is 9.02. The Morgan fingerprint density at radius 2 is 1.78 bits per heavy atom. The standard InChI is InChI=1S/C22H24N2O3/c1-16-7-3-4-8-18(16)14-24(15-22(26)27-2)21(25)12-11-17-13-23-20-10-6-5-9-19(17)20/h3-10,13,23H,11-12,14-15H2,1-2H3. The molecular formula is C22H24N2O3.